The average Bonchev–Trinajstić information content (AvgIpc) is 3.74. The van der Waals surface area contributed by atoms with E-state index in [0.717, 1.165) is 77.2 Å². The van der Waals surface area contributed by atoms with Gasteiger partial charge in [0.2, 0.25) is 5.91 Å². The van der Waals surface area contributed by atoms with Crippen LogP contribution in [0.3, 0.4) is 0 Å². The summed E-state index contributed by atoms with van der Waals surface area (Å²) in [6, 6.07) is 4.45. The van der Waals surface area contributed by atoms with Crippen LogP contribution in [0.25, 0.3) is 0 Å². The summed E-state index contributed by atoms with van der Waals surface area (Å²) < 4.78 is 0. The molecule has 4 N–H and O–H groups in total. The quantitative estimate of drug-likeness (QED) is 0.271. The molecule has 5 amide bonds. The van der Waals surface area contributed by atoms with E-state index in [0.29, 0.717) is 61.0 Å². The number of carboxylic acids is 1. The van der Waals surface area contributed by atoms with Crippen LogP contribution in [0.5, 0.6) is 0 Å². The summed E-state index contributed by atoms with van der Waals surface area (Å²) >= 11 is 0. The number of fused-ring (bicyclic) bond motifs is 2. The van der Waals surface area contributed by atoms with E-state index in [9.17, 15) is 19.2 Å². The number of piperidine rings is 4. The van der Waals surface area contributed by atoms with Crippen molar-refractivity contribution < 1.29 is 24.3 Å². The SMILES string of the molecule is CCCC(=O)N1CCC(N2CCC(N3C(=O)N[C@@H]4CCCC[C@@H]43)CC2)CC1.CCCC(=O)O.O=C1N[C@@H]2CCCC[C@@H]2N1C1CCN(C2CCNCC2)CC1. The maximum Gasteiger partial charge on any atom is 0.318 e. The van der Waals surface area contributed by atoms with Crippen LogP contribution in [-0.2, 0) is 9.59 Å². The van der Waals surface area contributed by atoms with Gasteiger partial charge in [0.25, 0.3) is 0 Å². The number of carboxylic acid groups (broad SMARTS) is 1. The van der Waals surface area contributed by atoms with Gasteiger partial charge in [-0.05, 0) is 103 Å². The van der Waals surface area contributed by atoms with Gasteiger partial charge in [0.15, 0.2) is 0 Å². The highest BCUT2D eigenvalue weighted by Crippen LogP contribution is 2.34. The summed E-state index contributed by atoms with van der Waals surface area (Å²) in [5.41, 5.74) is 0. The fourth-order valence-electron chi connectivity index (χ4n) is 11.2. The Kier molecular flexibility index (Phi) is 15.8. The van der Waals surface area contributed by atoms with Crippen LogP contribution in [0.4, 0.5) is 9.59 Å². The number of likely N-dealkylation sites (tertiary alicyclic amines) is 3. The summed E-state index contributed by atoms with van der Waals surface area (Å²) in [5.74, 6) is -0.380. The molecule has 0 aromatic carbocycles. The maximum absolute atomic E-state index is 12.5. The number of carbonyl (C=O) groups is 4. The maximum atomic E-state index is 12.5. The second-order valence-electron chi connectivity index (χ2n) is 17.7. The first-order chi connectivity index (χ1) is 26.8. The van der Waals surface area contributed by atoms with Crippen LogP contribution in [0, 0.1) is 0 Å². The van der Waals surface area contributed by atoms with Gasteiger partial charge in [-0.25, -0.2) is 9.59 Å². The molecule has 6 heterocycles. The van der Waals surface area contributed by atoms with Crippen molar-refractivity contribution in [3.05, 3.63) is 0 Å². The third-order valence-corrected chi connectivity index (χ3v) is 14.1. The molecule has 0 spiro atoms. The zero-order valence-electron chi connectivity index (χ0n) is 34.2. The van der Waals surface area contributed by atoms with E-state index >= 15 is 0 Å². The number of carbonyl (C=O) groups excluding carboxylic acids is 3. The molecule has 6 saturated heterocycles. The molecule has 8 aliphatic rings. The lowest BCUT2D eigenvalue weighted by Gasteiger charge is -2.44. The van der Waals surface area contributed by atoms with Crippen LogP contribution in [-0.4, -0.2) is 154 Å². The smallest absolute Gasteiger partial charge is 0.318 e. The van der Waals surface area contributed by atoms with Gasteiger partial charge in [0.05, 0.1) is 24.2 Å². The molecule has 0 aromatic rings. The van der Waals surface area contributed by atoms with E-state index in [-0.39, 0.29) is 12.1 Å². The third kappa shape index (κ3) is 10.9. The van der Waals surface area contributed by atoms with Crippen molar-refractivity contribution in [3.8, 4) is 0 Å². The summed E-state index contributed by atoms with van der Waals surface area (Å²) in [7, 11) is 0. The molecule has 4 atom stereocenters. The fourth-order valence-corrected chi connectivity index (χ4v) is 11.2. The van der Waals surface area contributed by atoms with Crippen LogP contribution in [0.2, 0.25) is 0 Å². The lowest BCUT2D eigenvalue weighted by molar-refractivity contribution is -0.137. The Balaban J connectivity index is 0.000000166. The van der Waals surface area contributed by atoms with Gasteiger partial charge < -0.3 is 45.6 Å². The molecule has 55 heavy (non-hydrogen) atoms. The van der Waals surface area contributed by atoms with Crippen LogP contribution in [0.15, 0.2) is 0 Å². The molecular weight excluding hydrogens is 697 g/mol. The number of hydrogen-bond acceptors (Lipinski definition) is 7. The van der Waals surface area contributed by atoms with E-state index in [1.165, 1.54) is 96.8 Å². The number of rotatable bonds is 8. The summed E-state index contributed by atoms with van der Waals surface area (Å²) in [4.78, 5) is 58.5. The Morgan fingerprint density at radius 2 is 0.982 bits per heavy atom. The second kappa shape index (κ2) is 20.7. The fraction of sp³-hybridized carbons (Fsp3) is 0.905. The zero-order valence-corrected chi connectivity index (χ0v) is 34.2. The molecule has 0 aromatic heterocycles. The summed E-state index contributed by atoms with van der Waals surface area (Å²) in [5, 5.41) is 17.9. The Morgan fingerprint density at radius 1 is 0.564 bits per heavy atom. The van der Waals surface area contributed by atoms with Crippen LogP contribution < -0.4 is 16.0 Å². The Labute approximate surface area is 331 Å². The lowest BCUT2D eigenvalue weighted by atomic mass is 9.89. The third-order valence-electron chi connectivity index (χ3n) is 14.1. The molecule has 0 bridgehead atoms. The molecule has 2 saturated carbocycles. The molecule has 8 rings (SSSR count). The minimum atomic E-state index is -0.711. The lowest BCUT2D eigenvalue weighted by Crippen LogP contribution is -2.53. The Morgan fingerprint density at radius 3 is 1.40 bits per heavy atom. The molecule has 8 fully saturated rings. The van der Waals surface area contributed by atoms with Crippen LogP contribution in [0.1, 0.15) is 142 Å². The van der Waals surface area contributed by atoms with Crippen molar-refractivity contribution in [1.82, 2.24) is 40.4 Å². The predicted octanol–water partition coefficient (Wildman–Crippen LogP) is 4.99. The zero-order chi connectivity index (χ0) is 38.7. The number of nitrogens with one attached hydrogen (secondary N) is 3. The highest BCUT2D eigenvalue weighted by atomic mass is 16.4. The molecule has 13 nitrogen and oxygen atoms in total. The van der Waals surface area contributed by atoms with E-state index < -0.39 is 5.97 Å². The predicted molar refractivity (Wildman–Crippen MR) is 215 cm³/mol. The molecule has 6 aliphatic heterocycles. The minimum Gasteiger partial charge on any atom is -0.481 e. The van der Waals surface area contributed by atoms with E-state index in [1.54, 1.807) is 0 Å². The first-order valence-electron chi connectivity index (χ1n) is 22.6. The van der Waals surface area contributed by atoms with Gasteiger partial charge in [-0.3, -0.25) is 9.59 Å². The Bertz CT molecular complexity index is 1240. The Hall–Kier alpha value is -2.64. The largest absolute Gasteiger partial charge is 0.481 e. The van der Waals surface area contributed by atoms with Gasteiger partial charge >= 0.3 is 18.0 Å². The van der Waals surface area contributed by atoms with Crippen molar-refractivity contribution >= 4 is 23.9 Å². The average molecular weight is 771 g/mol. The monoisotopic (exact) mass is 771 g/mol. The first-order valence-corrected chi connectivity index (χ1v) is 22.6. The van der Waals surface area contributed by atoms with Gasteiger partial charge in [-0.1, -0.05) is 39.5 Å². The van der Waals surface area contributed by atoms with Crippen molar-refractivity contribution in [2.24, 2.45) is 0 Å². The molecular formula is C42H74N8O5. The molecule has 13 heteroatoms. The van der Waals surface area contributed by atoms with E-state index in [2.05, 4.69) is 47.4 Å². The highest BCUT2D eigenvalue weighted by molar-refractivity contribution is 5.79. The number of urea groups is 2. The van der Waals surface area contributed by atoms with Crippen LogP contribution >= 0.6 is 0 Å². The molecule has 312 valence electrons. The van der Waals surface area contributed by atoms with Crippen molar-refractivity contribution in [1.29, 1.82) is 0 Å². The van der Waals surface area contributed by atoms with Crippen molar-refractivity contribution in [2.45, 2.75) is 191 Å². The van der Waals surface area contributed by atoms with E-state index in [4.69, 9.17) is 5.11 Å². The van der Waals surface area contributed by atoms with Crippen molar-refractivity contribution in [2.75, 3.05) is 52.4 Å². The first kappa shape index (κ1) is 42.0. The van der Waals surface area contributed by atoms with Gasteiger partial charge in [0.1, 0.15) is 0 Å². The topological polar surface area (TPSA) is 141 Å². The number of aliphatic carboxylic acids is 1. The molecule has 0 unspecified atom stereocenters. The molecule has 2 aliphatic carbocycles. The minimum absolute atomic E-state index is 0.188. The van der Waals surface area contributed by atoms with Gasteiger partial charge in [-0.15, -0.1) is 0 Å². The van der Waals surface area contributed by atoms with Gasteiger partial charge in [0, 0.05) is 76.3 Å². The van der Waals surface area contributed by atoms with Crippen molar-refractivity contribution in [3.63, 3.8) is 0 Å². The number of amides is 5. The number of hydrogen-bond donors (Lipinski definition) is 4. The van der Waals surface area contributed by atoms with E-state index in [1.807, 2.05) is 6.92 Å². The summed E-state index contributed by atoms with van der Waals surface area (Å²) in [6.07, 6.45) is 21.8. The van der Waals surface area contributed by atoms with Gasteiger partial charge in [-0.2, -0.15) is 0 Å². The highest BCUT2D eigenvalue weighted by Gasteiger charge is 2.46. The standard InChI is InChI=1S/C21H36N4O2.C17H30N4O.C4H8O2/c1-2-5-20(26)24-14-8-16(9-15-24)23-12-10-17(11-13-23)25-19-7-4-3-6-18(19)22-21(25)27;22-17-19-15-3-1-2-4-16(15)21(17)14-7-11-20(12-8-14)13-5-9-18-10-6-13;1-2-3-4(5)6/h16-19H,2-15H2,1H3,(H,22,27);13-16,18H,1-12H2,(H,19,22);2-3H2,1H3,(H,5,6)/t18-,19+;15-,16+;/m11./s1. The molecule has 0 radical (unpaired) electrons. The number of nitrogens with zero attached hydrogens (tertiary/aromatic N) is 5. The second-order valence-corrected chi connectivity index (χ2v) is 17.7. The summed E-state index contributed by atoms with van der Waals surface area (Å²) in [6.45, 7) is 12.6. The normalized spacial score (nSPS) is 30.3.